The molecule has 0 aromatic rings. The summed E-state index contributed by atoms with van der Waals surface area (Å²) in [5.41, 5.74) is 0. The van der Waals surface area contributed by atoms with Crippen LogP contribution < -0.4 is 0 Å². The summed E-state index contributed by atoms with van der Waals surface area (Å²) >= 11 is 0. The van der Waals surface area contributed by atoms with Crippen LogP contribution in [0, 0.1) is 11.8 Å². The Bertz CT molecular complexity index is 469. The normalized spacial score (nSPS) is 25.2. The van der Waals surface area contributed by atoms with Crippen molar-refractivity contribution < 1.29 is 24.9 Å². The monoisotopic (exact) mass is 352 g/mol. The lowest BCUT2D eigenvalue weighted by molar-refractivity contribution is -0.137. The van der Waals surface area contributed by atoms with Gasteiger partial charge in [-0.05, 0) is 25.7 Å². The van der Waals surface area contributed by atoms with Crippen molar-refractivity contribution in [1.82, 2.24) is 0 Å². The first-order valence-electron chi connectivity index (χ1n) is 9.39. The molecule has 1 aliphatic carbocycles. The van der Waals surface area contributed by atoms with Crippen molar-refractivity contribution in [2.45, 2.75) is 76.9 Å². The number of aliphatic hydroxyl groups excluding tert-OH is 2. The lowest BCUT2D eigenvalue weighted by atomic mass is 9.90. The fourth-order valence-electron chi connectivity index (χ4n) is 3.22. The minimum atomic E-state index is -0.798. The average molecular weight is 352 g/mol. The third-order valence-corrected chi connectivity index (χ3v) is 4.72. The van der Waals surface area contributed by atoms with E-state index in [2.05, 4.69) is 6.92 Å². The Labute approximate surface area is 150 Å². The van der Waals surface area contributed by atoms with Gasteiger partial charge in [0.05, 0.1) is 12.2 Å². The van der Waals surface area contributed by atoms with Crippen LogP contribution in [0.2, 0.25) is 0 Å². The van der Waals surface area contributed by atoms with E-state index < -0.39 is 18.2 Å². The molecule has 0 amide bonds. The minimum absolute atomic E-state index is 0.0220. The van der Waals surface area contributed by atoms with E-state index in [4.69, 9.17) is 5.11 Å². The van der Waals surface area contributed by atoms with Crippen molar-refractivity contribution in [2.75, 3.05) is 0 Å². The second-order valence-corrected chi connectivity index (χ2v) is 6.87. The van der Waals surface area contributed by atoms with Crippen LogP contribution >= 0.6 is 0 Å². The highest BCUT2D eigenvalue weighted by Gasteiger charge is 2.39. The number of carbonyl (C=O) groups excluding carboxylic acids is 1. The molecule has 4 atom stereocenters. The van der Waals surface area contributed by atoms with Crippen LogP contribution in [0.5, 0.6) is 0 Å². The summed E-state index contributed by atoms with van der Waals surface area (Å²) in [6, 6.07) is 0. The number of carbonyl (C=O) groups is 2. The zero-order valence-corrected chi connectivity index (χ0v) is 15.1. The van der Waals surface area contributed by atoms with E-state index in [0.29, 0.717) is 25.7 Å². The van der Waals surface area contributed by atoms with E-state index in [0.717, 1.165) is 19.3 Å². The fraction of sp³-hybridized carbons (Fsp3) is 0.700. The van der Waals surface area contributed by atoms with Crippen molar-refractivity contribution in [3.63, 3.8) is 0 Å². The van der Waals surface area contributed by atoms with Crippen LogP contribution in [0.25, 0.3) is 0 Å². The number of hydrogen-bond acceptors (Lipinski definition) is 4. The summed E-state index contributed by atoms with van der Waals surface area (Å²) in [6.45, 7) is 2.11. The number of aliphatic hydroxyl groups is 2. The van der Waals surface area contributed by atoms with Crippen molar-refractivity contribution in [2.24, 2.45) is 11.8 Å². The number of Topliss-reactive ketones (excluding diaryl/α,β-unsaturated/α-hetero) is 1. The van der Waals surface area contributed by atoms with Crippen LogP contribution in [0.1, 0.15) is 64.7 Å². The summed E-state index contributed by atoms with van der Waals surface area (Å²) in [5.74, 6) is -1.29. The van der Waals surface area contributed by atoms with Gasteiger partial charge in [-0.1, -0.05) is 50.5 Å². The number of carboxylic acid groups (broad SMARTS) is 1. The minimum Gasteiger partial charge on any atom is -0.481 e. The fourth-order valence-corrected chi connectivity index (χ4v) is 3.22. The Morgan fingerprint density at radius 1 is 1.28 bits per heavy atom. The lowest BCUT2D eigenvalue weighted by Gasteiger charge is -2.17. The Morgan fingerprint density at radius 3 is 2.72 bits per heavy atom. The Morgan fingerprint density at radius 2 is 2.04 bits per heavy atom. The molecule has 142 valence electrons. The van der Waals surface area contributed by atoms with E-state index in [-0.39, 0.29) is 30.5 Å². The van der Waals surface area contributed by atoms with E-state index in [9.17, 15) is 19.8 Å². The van der Waals surface area contributed by atoms with Crippen LogP contribution in [0.4, 0.5) is 0 Å². The van der Waals surface area contributed by atoms with Gasteiger partial charge in [-0.15, -0.1) is 0 Å². The molecule has 0 aliphatic heterocycles. The third kappa shape index (κ3) is 8.45. The maximum Gasteiger partial charge on any atom is 0.303 e. The average Bonchev–Trinajstić information content (AvgIpc) is 2.82. The summed E-state index contributed by atoms with van der Waals surface area (Å²) in [4.78, 5) is 22.5. The molecule has 0 saturated heterocycles. The number of allylic oxidation sites excluding steroid dienone is 3. The summed E-state index contributed by atoms with van der Waals surface area (Å²) in [7, 11) is 0. The van der Waals surface area contributed by atoms with Crippen LogP contribution in [0.3, 0.4) is 0 Å². The zero-order chi connectivity index (χ0) is 18.7. The number of aliphatic carboxylic acids is 1. The van der Waals surface area contributed by atoms with Gasteiger partial charge in [-0.2, -0.15) is 0 Å². The molecule has 3 unspecified atom stereocenters. The van der Waals surface area contributed by atoms with Gasteiger partial charge >= 0.3 is 5.97 Å². The summed E-state index contributed by atoms with van der Waals surface area (Å²) in [6.07, 6.45) is 12.1. The molecular weight excluding hydrogens is 320 g/mol. The molecule has 3 N–H and O–H groups in total. The first-order chi connectivity index (χ1) is 12.0. The molecule has 1 saturated carbocycles. The van der Waals surface area contributed by atoms with E-state index >= 15 is 0 Å². The van der Waals surface area contributed by atoms with Crippen LogP contribution in [0.15, 0.2) is 24.3 Å². The maximum atomic E-state index is 12.1. The van der Waals surface area contributed by atoms with E-state index in [1.807, 2.05) is 12.2 Å². The van der Waals surface area contributed by atoms with E-state index in [1.165, 1.54) is 0 Å². The maximum absolute atomic E-state index is 12.1. The van der Waals surface area contributed by atoms with Crippen LogP contribution in [-0.2, 0) is 9.59 Å². The zero-order valence-electron chi connectivity index (χ0n) is 15.1. The molecule has 1 fully saturated rings. The standard InChI is InChI=1S/C20H32O5/c1-2-3-6-9-15(21)12-13-17-16(18(22)14-19(17)23)10-7-4-5-8-11-20(24)25/h4,7,12-13,15-18,21-22H,2-3,5-6,8-11,14H2,1H3,(H,24,25)/b7-4-,13-12+/t15?,16?,17-,18?/m1/s1. The second kappa shape index (κ2) is 12.0. The Kier molecular flexibility index (Phi) is 10.3. The number of ketones is 1. The topological polar surface area (TPSA) is 94.8 Å². The molecule has 1 aliphatic rings. The van der Waals surface area contributed by atoms with Gasteiger partial charge in [0.1, 0.15) is 5.78 Å². The molecule has 0 aromatic heterocycles. The lowest BCUT2D eigenvalue weighted by Crippen LogP contribution is -2.19. The summed E-state index contributed by atoms with van der Waals surface area (Å²) in [5, 5.41) is 28.7. The van der Waals surface area contributed by atoms with Gasteiger partial charge < -0.3 is 15.3 Å². The number of rotatable bonds is 12. The molecule has 0 heterocycles. The third-order valence-electron chi connectivity index (χ3n) is 4.72. The molecule has 5 heteroatoms. The van der Waals surface area contributed by atoms with Gasteiger partial charge in [-0.25, -0.2) is 0 Å². The predicted octanol–water partition coefficient (Wildman–Crippen LogP) is 3.25. The van der Waals surface area contributed by atoms with Gasteiger partial charge in [0.25, 0.3) is 0 Å². The van der Waals surface area contributed by atoms with Crippen molar-refractivity contribution in [3.05, 3.63) is 24.3 Å². The van der Waals surface area contributed by atoms with Gasteiger partial charge in [0.2, 0.25) is 0 Å². The van der Waals surface area contributed by atoms with Gasteiger partial charge in [-0.3, -0.25) is 9.59 Å². The number of hydrogen-bond donors (Lipinski definition) is 3. The van der Waals surface area contributed by atoms with Crippen molar-refractivity contribution in [3.8, 4) is 0 Å². The Balaban J connectivity index is 2.48. The molecule has 5 nitrogen and oxygen atoms in total. The Hall–Kier alpha value is -1.46. The number of unbranched alkanes of at least 4 members (excludes halogenated alkanes) is 3. The van der Waals surface area contributed by atoms with Crippen LogP contribution in [-0.4, -0.2) is 39.3 Å². The molecule has 0 radical (unpaired) electrons. The first-order valence-corrected chi connectivity index (χ1v) is 9.39. The SMILES string of the molecule is CCCCCC(O)/C=C/[C@H]1C(=O)CC(O)C1C/C=C\CCCC(=O)O. The molecule has 0 bridgehead atoms. The quantitative estimate of drug-likeness (QED) is 0.370. The largest absolute Gasteiger partial charge is 0.481 e. The smallest absolute Gasteiger partial charge is 0.303 e. The number of carboxylic acids is 1. The molecular formula is C20H32O5. The van der Waals surface area contributed by atoms with E-state index in [1.54, 1.807) is 12.2 Å². The molecule has 0 spiro atoms. The van der Waals surface area contributed by atoms with Gasteiger partial charge in [0, 0.05) is 24.7 Å². The van der Waals surface area contributed by atoms with Crippen molar-refractivity contribution >= 4 is 11.8 Å². The molecule has 1 rings (SSSR count). The highest BCUT2D eigenvalue weighted by molar-refractivity contribution is 5.86. The second-order valence-electron chi connectivity index (χ2n) is 6.87. The summed E-state index contributed by atoms with van der Waals surface area (Å²) < 4.78 is 0. The molecule has 25 heavy (non-hydrogen) atoms. The predicted molar refractivity (Wildman–Crippen MR) is 97.1 cm³/mol. The van der Waals surface area contributed by atoms with Gasteiger partial charge in [0.15, 0.2) is 0 Å². The highest BCUT2D eigenvalue weighted by Crippen LogP contribution is 2.33. The van der Waals surface area contributed by atoms with Crippen molar-refractivity contribution in [1.29, 1.82) is 0 Å². The highest BCUT2D eigenvalue weighted by atomic mass is 16.4. The first kappa shape index (κ1) is 21.6. The molecule has 0 aromatic carbocycles.